The molecule has 3 rings (SSSR count). The van der Waals surface area contributed by atoms with Crippen LogP contribution in [-0.4, -0.2) is 31.4 Å². The van der Waals surface area contributed by atoms with Gasteiger partial charge in [-0.05, 0) is 61.2 Å². The topological polar surface area (TPSA) is 63.2 Å². The summed E-state index contributed by atoms with van der Waals surface area (Å²) >= 11 is 5.93. The quantitative estimate of drug-likeness (QED) is 0.888. The third-order valence-corrected chi connectivity index (χ3v) is 6.59. The molecule has 1 amide bonds. The summed E-state index contributed by atoms with van der Waals surface area (Å²) in [6, 6.07) is 13.1. The van der Waals surface area contributed by atoms with E-state index in [1.165, 1.54) is 0 Å². The predicted molar refractivity (Wildman–Crippen MR) is 101 cm³/mol. The zero-order valence-electron chi connectivity index (χ0n) is 14.2. The number of nitrogens with one attached hydrogen (secondary N) is 1. The van der Waals surface area contributed by atoms with Gasteiger partial charge in [-0.25, -0.2) is 8.42 Å². The molecule has 1 atom stereocenters. The molecule has 1 unspecified atom stereocenters. The van der Waals surface area contributed by atoms with Crippen molar-refractivity contribution in [1.82, 2.24) is 5.32 Å². The van der Waals surface area contributed by atoms with Crippen LogP contribution >= 0.6 is 11.6 Å². The lowest BCUT2D eigenvalue weighted by Gasteiger charge is -2.24. The number of amides is 1. The molecule has 0 spiro atoms. The first-order valence-electron chi connectivity index (χ1n) is 8.06. The Morgan fingerprint density at radius 2 is 1.80 bits per heavy atom. The summed E-state index contributed by atoms with van der Waals surface area (Å²) in [7, 11) is -3.07. The predicted octanol–water partition coefficient (Wildman–Crippen LogP) is 3.62. The second-order valence-electron chi connectivity index (χ2n) is 6.95. The Bertz CT molecular complexity index is 922. The highest BCUT2D eigenvalue weighted by Crippen LogP contribution is 2.26. The molecule has 1 aliphatic rings. The van der Waals surface area contributed by atoms with Crippen LogP contribution in [-0.2, 0) is 9.84 Å². The lowest BCUT2D eigenvalue weighted by molar-refractivity contribution is 0.0915. The number of halogens is 1. The van der Waals surface area contributed by atoms with Crippen molar-refractivity contribution < 1.29 is 13.2 Å². The van der Waals surface area contributed by atoms with Crippen molar-refractivity contribution >= 4 is 27.3 Å². The molecule has 0 saturated carbocycles. The summed E-state index contributed by atoms with van der Waals surface area (Å²) in [5.74, 6) is -0.145. The van der Waals surface area contributed by atoms with E-state index in [1.807, 2.05) is 49.4 Å². The van der Waals surface area contributed by atoms with Gasteiger partial charge in [-0.15, -0.1) is 0 Å². The van der Waals surface area contributed by atoms with Gasteiger partial charge in [0.2, 0.25) is 0 Å². The molecule has 1 saturated heterocycles. The molecular weight excluding hydrogens is 358 g/mol. The highest BCUT2D eigenvalue weighted by Gasteiger charge is 2.39. The summed E-state index contributed by atoms with van der Waals surface area (Å²) in [6.45, 7) is 3.71. The fraction of sp³-hybridized carbons (Fsp3) is 0.316. The van der Waals surface area contributed by atoms with Gasteiger partial charge in [0.05, 0.1) is 17.0 Å². The van der Waals surface area contributed by atoms with Gasteiger partial charge in [-0.2, -0.15) is 0 Å². The van der Waals surface area contributed by atoms with Crippen molar-refractivity contribution in [3.05, 3.63) is 58.6 Å². The first-order chi connectivity index (χ1) is 11.7. The van der Waals surface area contributed by atoms with Gasteiger partial charge in [0, 0.05) is 10.6 Å². The molecule has 0 aliphatic carbocycles. The molecule has 2 aromatic carbocycles. The highest BCUT2D eigenvalue weighted by atomic mass is 35.5. The van der Waals surface area contributed by atoms with Gasteiger partial charge >= 0.3 is 0 Å². The maximum atomic E-state index is 12.7. The molecule has 1 aliphatic heterocycles. The summed E-state index contributed by atoms with van der Waals surface area (Å²) in [5, 5.41) is 3.56. The van der Waals surface area contributed by atoms with Gasteiger partial charge < -0.3 is 5.32 Å². The fourth-order valence-electron chi connectivity index (χ4n) is 3.18. The van der Waals surface area contributed by atoms with Crippen LogP contribution in [0.2, 0.25) is 5.02 Å². The smallest absolute Gasteiger partial charge is 0.251 e. The normalized spacial score (nSPS) is 21.9. The Hall–Kier alpha value is -1.85. The molecule has 25 heavy (non-hydrogen) atoms. The number of benzene rings is 2. The molecule has 0 radical (unpaired) electrons. The number of rotatable bonds is 3. The Morgan fingerprint density at radius 1 is 1.12 bits per heavy atom. The number of hydrogen-bond acceptors (Lipinski definition) is 3. The Morgan fingerprint density at radius 3 is 2.40 bits per heavy atom. The van der Waals surface area contributed by atoms with E-state index in [1.54, 1.807) is 6.92 Å². The molecule has 1 heterocycles. The van der Waals surface area contributed by atoms with Crippen LogP contribution in [0, 0.1) is 6.92 Å². The lowest BCUT2D eigenvalue weighted by atomic mass is 9.98. The highest BCUT2D eigenvalue weighted by molar-refractivity contribution is 7.91. The average molecular weight is 378 g/mol. The average Bonchev–Trinajstić information content (AvgIpc) is 2.80. The van der Waals surface area contributed by atoms with Gasteiger partial charge in [0.15, 0.2) is 9.84 Å². The number of sulfone groups is 1. The van der Waals surface area contributed by atoms with Crippen molar-refractivity contribution in [1.29, 1.82) is 0 Å². The van der Waals surface area contributed by atoms with Crippen LogP contribution in [0.3, 0.4) is 0 Å². The van der Waals surface area contributed by atoms with Crippen LogP contribution < -0.4 is 5.32 Å². The third kappa shape index (κ3) is 4.22. The third-order valence-electron chi connectivity index (χ3n) is 4.44. The minimum Gasteiger partial charge on any atom is -0.346 e. The Kier molecular flexibility index (Phi) is 4.64. The van der Waals surface area contributed by atoms with Gasteiger partial charge in [-0.1, -0.05) is 29.8 Å². The molecule has 6 heteroatoms. The van der Waals surface area contributed by atoms with Crippen LogP contribution in [0.1, 0.15) is 29.3 Å². The second-order valence-corrected chi connectivity index (χ2v) is 9.57. The van der Waals surface area contributed by atoms with Crippen molar-refractivity contribution in [3.63, 3.8) is 0 Å². The zero-order valence-corrected chi connectivity index (χ0v) is 15.7. The van der Waals surface area contributed by atoms with Crippen LogP contribution in [0.25, 0.3) is 11.1 Å². The molecular formula is C19H20ClNO3S. The molecule has 4 nitrogen and oxygen atoms in total. The van der Waals surface area contributed by atoms with E-state index >= 15 is 0 Å². The van der Waals surface area contributed by atoms with Crippen LogP contribution in [0.15, 0.2) is 42.5 Å². The van der Waals surface area contributed by atoms with E-state index in [0.717, 1.165) is 16.7 Å². The maximum Gasteiger partial charge on any atom is 0.251 e. The summed E-state index contributed by atoms with van der Waals surface area (Å²) in [6.07, 6.45) is 0.441. The van der Waals surface area contributed by atoms with E-state index in [9.17, 15) is 13.2 Å². The summed E-state index contributed by atoms with van der Waals surface area (Å²) in [5.41, 5.74) is 2.67. The molecule has 0 bridgehead atoms. The lowest BCUT2D eigenvalue weighted by Crippen LogP contribution is -2.46. The monoisotopic (exact) mass is 377 g/mol. The van der Waals surface area contributed by atoms with Crippen molar-refractivity contribution in [3.8, 4) is 11.1 Å². The Balaban J connectivity index is 1.87. The second kappa shape index (κ2) is 6.46. The van der Waals surface area contributed by atoms with E-state index in [4.69, 9.17) is 11.6 Å². The molecule has 2 aromatic rings. The number of hydrogen-bond donors (Lipinski definition) is 1. The molecule has 1 N–H and O–H groups in total. The number of carbonyl (C=O) groups is 1. The van der Waals surface area contributed by atoms with E-state index in [0.29, 0.717) is 17.0 Å². The van der Waals surface area contributed by atoms with Gasteiger partial charge in [-0.3, -0.25) is 4.79 Å². The molecule has 0 aromatic heterocycles. The first kappa shape index (κ1) is 18.0. The van der Waals surface area contributed by atoms with E-state index < -0.39 is 15.4 Å². The summed E-state index contributed by atoms with van der Waals surface area (Å²) in [4.78, 5) is 12.7. The number of carbonyl (C=O) groups excluding carboxylic acids is 1. The Labute approximate surface area is 153 Å². The van der Waals surface area contributed by atoms with E-state index in [2.05, 4.69) is 5.32 Å². The minimum atomic E-state index is -3.07. The minimum absolute atomic E-state index is 0.0123. The van der Waals surface area contributed by atoms with Gasteiger partial charge in [0.25, 0.3) is 5.91 Å². The standard InChI is InChI=1S/C19H20ClNO3S/c1-13-9-15(14-3-5-17(20)6-4-14)11-16(10-13)18(22)21-19(2)7-8-25(23,24)12-19/h3-6,9-11H,7-8,12H2,1-2H3,(H,21,22). The fourth-order valence-corrected chi connectivity index (χ4v) is 5.40. The van der Waals surface area contributed by atoms with Crippen LogP contribution in [0.5, 0.6) is 0 Å². The molecule has 1 fully saturated rings. The number of aryl methyl sites for hydroxylation is 1. The largest absolute Gasteiger partial charge is 0.346 e. The van der Waals surface area contributed by atoms with Crippen molar-refractivity contribution in [2.24, 2.45) is 0 Å². The first-order valence-corrected chi connectivity index (χ1v) is 10.3. The van der Waals surface area contributed by atoms with Crippen LogP contribution in [0.4, 0.5) is 0 Å². The van der Waals surface area contributed by atoms with Gasteiger partial charge in [0.1, 0.15) is 0 Å². The molecule has 132 valence electrons. The van der Waals surface area contributed by atoms with Crippen molar-refractivity contribution in [2.45, 2.75) is 25.8 Å². The summed E-state index contributed by atoms with van der Waals surface area (Å²) < 4.78 is 23.4. The SMILES string of the molecule is Cc1cc(C(=O)NC2(C)CCS(=O)(=O)C2)cc(-c2ccc(Cl)cc2)c1. The van der Waals surface area contributed by atoms with Crippen molar-refractivity contribution in [2.75, 3.05) is 11.5 Å². The zero-order chi connectivity index (χ0) is 18.2. The van der Waals surface area contributed by atoms with E-state index in [-0.39, 0.29) is 17.4 Å². The maximum absolute atomic E-state index is 12.7.